The van der Waals surface area contributed by atoms with E-state index in [1.165, 1.54) is 19.0 Å². The molecule has 0 aliphatic heterocycles. The van der Waals surface area contributed by atoms with Crippen LogP contribution >= 0.6 is 0 Å². The Morgan fingerprint density at radius 3 is 2.55 bits per heavy atom. The van der Waals surface area contributed by atoms with Gasteiger partial charge in [0, 0.05) is 18.4 Å². The monoisotopic (exact) mass is 553 g/mol. The molecule has 0 bridgehead atoms. The zero-order valence-corrected chi connectivity index (χ0v) is 22.6. The van der Waals surface area contributed by atoms with Gasteiger partial charge in [-0.15, -0.1) is 0 Å². The first kappa shape index (κ1) is 24.6. The lowest BCUT2D eigenvalue weighted by atomic mass is 10.1. The number of hydrogen-bond donors (Lipinski definition) is 1. The summed E-state index contributed by atoms with van der Waals surface area (Å²) in [4.78, 5) is 18.5. The van der Waals surface area contributed by atoms with Gasteiger partial charge in [0.25, 0.3) is 0 Å². The highest BCUT2D eigenvalue weighted by molar-refractivity contribution is 7.90. The second-order valence-corrected chi connectivity index (χ2v) is 12.6. The highest BCUT2D eigenvalue weighted by Crippen LogP contribution is 2.52. The van der Waals surface area contributed by atoms with Gasteiger partial charge in [0.1, 0.15) is 18.8 Å². The van der Waals surface area contributed by atoms with Crippen LogP contribution in [0.2, 0.25) is 0 Å². The molecule has 10 nitrogen and oxygen atoms in total. The second kappa shape index (κ2) is 9.67. The lowest BCUT2D eigenvalue weighted by Crippen LogP contribution is -2.16. The van der Waals surface area contributed by atoms with E-state index in [-0.39, 0.29) is 11.0 Å². The highest BCUT2D eigenvalue weighted by Gasteiger charge is 2.47. The first-order chi connectivity index (χ1) is 19.4. The van der Waals surface area contributed by atoms with Gasteiger partial charge in [-0.2, -0.15) is 10.1 Å². The fourth-order valence-corrected chi connectivity index (χ4v) is 6.07. The van der Waals surface area contributed by atoms with Gasteiger partial charge in [-0.3, -0.25) is 0 Å². The van der Waals surface area contributed by atoms with E-state index in [9.17, 15) is 8.42 Å². The van der Waals surface area contributed by atoms with Crippen molar-refractivity contribution in [2.24, 2.45) is 11.8 Å². The number of pyridine rings is 1. The third-order valence-electron chi connectivity index (χ3n) is 7.62. The molecular formula is C29H27N7O3S. The van der Waals surface area contributed by atoms with E-state index in [1.807, 2.05) is 42.5 Å². The van der Waals surface area contributed by atoms with Gasteiger partial charge in [0.15, 0.2) is 15.4 Å². The number of hydrogen-bond acceptors (Lipinski definition) is 9. The minimum Gasteiger partial charge on any atom is -0.473 e. The lowest BCUT2D eigenvalue weighted by molar-refractivity contribution is 0.189. The largest absolute Gasteiger partial charge is 0.473 e. The van der Waals surface area contributed by atoms with Crippen LogP contribution in [0.15, 0.2) is 78.2 Å². The molecule has 11 heteroatoms. The van der Waals surface area contributed by atoms with E-state index in [4.69, 9.17) is 19.7 Å². The summed E-state index contributed by atoms with van der Waals surface area (Å²) in [7, 11) is -3.34. The van der Waals surface area contributed by atoms with Crippen molar-refractivity contribution < 1.29 is 13.2 Å². The Morgan fingerprint density at radius 2 is 1.80 bits per heavy atom. The Morgan fingerprint density at radius 1 is 0.975 bits per heavy atom. The maximum atomic E-state index is 12.1. The zero-order valence-electron chi connectivity index (χ0n) is 21.8. The van der Waals surface area contributed by atoms with E-state index >= 15 is 0 Å². The van der Waals surface area contributed by atoms with E-state index < -0.39 is 9.84 Å². The molecule has 0 unspecified atom stereocenters. The minimum absolute atomic E-state index is 0.109. The average molecular weight is 554 g/mol. The number of sulfone groups is 1. The summed E-state index contributed by atoms with van der Waals surface area (Å²) in [6, 6.07) is 18.5. The molecule has 3 aromatic heterocycles. The molecule has 2 fully saturated rings. The summed E-state index contributed by atoms with van der Waals surface area (Å²) in [6.07, 6.45) is 7.84. The van der Waals surface area contributed by atoms with E-state index in [0.717, 1.165) is 35.9 Å². The molecule has 5 aromatic rings. The number of nitrogens with one attached hydrogen (secondary N) is 1. The third kappa shape index (κ3) is 5.00. The summed E-state index contributed by atoms with van der Waals surface area (Å²) in [5, 5.41) is 7.49. The van der Waals surface area contributed by atoms with Gasteiger partial charge in [-0.25, -0.2) is 28.1 Å². The number of anilines is 1. The van der Waals surface area contributed by atoms with E-state index in [2.05, 4.69) is 15.4 Å². The molecule has 0 saturated heterocycles. The number of nitrogens with zero attached hydrogens (tertiary/aromatic N) is 6. The van der Waals surface area contributed by atoms with Crippen LogP contribution in [0.3, 0.4) is 0 Å². The number of fused-ring (bicyclic) bond motifs is 2. The zero-order chi connectivity index (χ0) is 27.3. The van der Waals surface area contributed by atoms with Crippen molar-refractivity contribution in [3.05, 3.63) is 78.9 Å². The Hall–Kier alpha value is -4.38. The molecule has 2 aliphatic carbocycles. The molecule has 0 radical (unpaired) electrons. The normalized spacial score (nSPS) is 19.9. The summed E-state index contributed by atoms with van der Waals surface area (Å²) < 4.78 is 32.4. The lowest BCUT2D eigenvalue weighted by Gasteiger charge is -2.17. The number of ether oxygens (including phenoxy) is 1. The standard InChI is InChI=1S/C29H27N7O3S/c1-40(37,38)24-4-2-3-19(14-24)25-9-10-26-27(33-25)28(39-23-12-20-11-21(20)13-23)35-29(34-26)31-15-18-5-7-22(8-6-18)36-17-30-16-32-36/h2-10,14,16-17,20-21,23H,11-13,15H2,1H3,(H,31,34,35)/t20-,21+,23-. The van der Waals surface area contributed by atoms with Crippen LogP contribution < -0.4 is 10.1 Å². The van der Waals surface area contributed by atoms with Gasteiger partial charge in [0.05, 0.1) is 21.8 Å². The Labute approximate surface area is 231 Å². The summed E-state index contributed by atoms with van der Waals surface area (Å²) >= 11 is 0. The van der Waals surface area contributed by atoms with Crippen molar-refractivity contribution in [1.29, 1.82) is 0 Å². The number of aromatic nitrogens is 6. The van der Waals surface area contributed by atoms with E-state index in [1.54, 1.807) is 29.2 Å². The molecule has 0 amide bonds. The molecule has 1 N–H and O–H groups in total. The predicted octanol–water partition coefficient (Wildman–Crippen LogP) is 4.47. The van der Waals surface area contributed by atoms with Gasteiger partial charge in [0.2, 0.25) is 11.8 Å². The van der Waals surface area contributed by atoms with Crippen molar-refractivity contribution in [3.8, 4) is 22.8 Å². The molecule has 0 spiro atoms. The quantitative estimate of drug-likeness (QED) is 0.296. The maximum Gasteiger partial charge on any atom is 0.245 e. The molecular weight excluding hydrogens is 526 g/mol. The van der Waals surface area contributed by atoms with Gasteiger partial charge in [-0.05, 0) is 73.1 Å². The smallest absolute Gasteiger partial charge is 0.245 e. The van der Waals surface area contributed by atoms with Crippen molar-refractivity contribution in [3.63, 3.8) is 0 Å². The average Bonchev–Trinajstić information content (AvgIpc) is 3.31. The van der Waals surface area contributed by atoms with Crippen LogP contribution in [0.1, 0.15) is 24.8 Å². The molecule has 3 heterocycles. The van der Waals surface area contributed by atoms with E-state index in [0.29, 0.717) is 40.7 Å². The predicted molar refractivity (Wildman–Crippen MR) is 150 cm³/mol. The number of benzene rings is 2. The molecule has 7 rings (SSSR count). The molecule has 40 heavy (non-hydrogen) atoms. The third-order valence-corrected chi connectivity index (χ3v) is 8.73. The molecule has 2 saturated carbocycles. The van der Waals surface area contributed by atoms with Gasteiger partial charge >= 0.3 is 0 Å². The maximum absolute atomic E-state index is 12.1. The summed E-state index contributed by atoms with van der Waals surface area (Å²) in [5.74, 6) is 2.43. The van der Waals surface area contributed by atoms with Crippen molar-refractivity contribution in [1.82, 2.24) is 29.7 Å². The molecule has 3 atom stereocenters. The Balaban J connectivity index is 1.19. The van der Waals surface area contributed by atoms with Crippen LogP contribution in [0.5, 0.6) is 5.88 Å². The van der Waals surface area contributed by atoms with Gasteiger partial charge < -0.3 is 10.1 Å². The summed E-state index contributed by atoms with van der Waals surface area (Å²) in [6.45, 7) is 0.528. The first-order valence-corrected chi connectivity index (χ1v) is 15.1. The Kier molecular flexibility index (Phi) is 5.96. The first-order valence-electron chi connectivity index (χ1n) is 13.2. The topological polar surface area (TPSA) is 125 Å². The number of rotatable bonds is 8. The van der Waals surface area contributed by atoms with Crippen molar-refractivity contribution in [2.45, 2.75) is 36.8 Å². The van der Waals surface area contributed by atoms with Crippen LogP contribution in [-0.4, -0.2) is 50.5 Å². The van der Waals surface area contributed by atoms with Crippen LogP contribution in [0.4, 0.5) is 5.95 Å². The molecule has 202 valence electrons. The van der Waals surface area contributed by atoms with Crippen molar-refractivity contribution in [2.75, 3.05) is 11.6 Å². The molecule has 2 aromatic carbocycles. The fourth-order valence-electron chi connectivity index (χ4n) is 5.40. The minimum atomic E-state index is -3.34. The van der Waals surface area contributed by atoms with Crippen LogP contribution in [0, 0.1) is 11.8 Å². The van der Waals surface area contributed by atoms with Crippen molar-refractivity contribution >= 4 is 26.8 Å². The van der Waals surface area contributed by atoms with Crippen LogP contribution in [-0.2, 0) is 16.4 Å². The Bertz CT molecular complexity index is 1800. The second-order valence-electron chi connectivity index (χ2n) is 10.5. The van der Waals surface area contributed by atoms with Gasteiger partial charge in [-0.1, -0.05) is 24.3 Å². The fraction of sp³-hybridized carbons (Fsp3) is 0.276. The highest BCUT2D eigenvalue weighted by atomic mass is 32.2. The summed E-state index contributed by atoms with van der Waals surface area (Å²) in [5.41, 5.74) is 4.54. The molecule has 2 aliphatic rings. The van der Waals surface area contributed by atoms with Crippen LogP contribution in [0.25, 0.3) is 28.0 Å². The SMILES string of the molecule is CS(=O)(=O)c1cccc(-c2ccc3nc(NCc4ccc(-n5cncn5)cc4)nc(O[C@H]4C[C@@H]5C[C@@H]5C4)c3n2)c1.